The summed E-state index contributed by atoms with van der Waals surface area (Å²) in [6.07, 6.45) is -2.54. The summed E-state index contributed by atoms with van der Waals surface area (Å²) in [4.78, 5) is 0. The van der Waals surface area contributed by atoms with Gasteiger partial charge in [-0.3, -0.25) is 4.40 Å². The highest BCUT2D eigenvalue weighted by atomic mass is 19.4. The molecule has 2 heterocycles. The van der Waals surface area contributed by atoms with Gasteiger partial charge in [0.05, 0.1) is 5.56 Å². The molecule has 1 aromatic carbocycles. The highest BCUT2D eigenvalue weighted by Gasteiger charge is 2.33. The molecule has 0 bridgehead atoms. The lowest BCUT2D eigenvalue weighted by molar-refractivity contribution is -0.138. The van der Waals surface area contributed by atoms with Crippen molar-refractivity contribution in [3.05, 3.63) is 65.6 Å². The Morgan fingerprint density at radius 1 is 0.950 bits per heavy atom. The first-order valence-electron chi connectivity index (χ1n) is 5.99. The molecule has 2 aromatic heterocycles. The van der Waals surface area contributed by atoms with Gasteiger partial charge >= 0.3 is 6.18 Å². The van der Waals surface area contributed by atoms with Gasteiger partial charge in [0.2, 0.25) is 0 Å². The Hall–Kier alpha value is -2.37. The van der Waals surface area contributed by atoms with E-state index in [9.17, 15) is 13.2 Å². The first kappa shape index (κ1) is 12.7. The van der Waals surface area contributed by atoms with E-state index in [2.05, 4.69) is 10.2 Å². The van der Waals surface area contributed by atoms with Gasteiger partial charge < -0.3 is 0 Å². The van der Waals surface area contributed by atoms with Gasteiger partial charge in [0.1, 0.15) is 5.82 Å². The van der Waals surface area contributed by atoms with Crippen molar-refractivity contribution in [1.29, 1.82) is 0 Å². The summed E-state index contributed by atoms with van der Waals surface area (Å²) in [5.41, 5.74) is 0.179. The van der Waals surface area contributed by atoms with E-state index in [1.807, 2.05) is 0 Å². The van der Waals surface area contributed by atoms with Gasteiger partial charge in [-0.25, -0.2) is 0 Å². The standard InChI is InChI=1S/C14H10F3N3/c15-14(16,17)11-6-2-1-5-10(11)9-13-19-18-12-7-3-4-8-20(12)13/h1-8H,9H2. The van der Waals surface area contributed by atoms with Crippen LogP contribution in [0.2, 0.25) is 0 Å². The second-order valence-electron chi connectivity index (χ2n) is 4.38. The summed E-state index contributed by atoms with van der Waals surface area (Å²) in [6.45, 7) is 0. The molecule has 0 N–H and O–H groups in total. The summed E-state index contributed by atoms with van der Waals surface area (Å²) < 4.78 is 40.5. The number of hydrogen-bond donors (Lipinski definition) is 0. The summed E-state index contributed by atoms with van der Waals surface area (Å²) >= 11 is 0. The fourth-order valence-corrected chi connectivity index (χ4v) is 2.13. The number of nitrogens with zero attached hydrogens (tertiary/aromatic N) is 3. The molecule has 102 valence electrons. The van der Waals surface area contributed by atoms with Crippen LogP contribution in [-0.4, -0.2) is 14.6 Å². The fraction of sp³-hybridized carbons (Fsp3) is 0.143. The topological polar surface area (TPSA) is 30.2 Å². The van der Waals surface area contributed by atoms with Crippen LogP contribution >= 0.6 is 0 Å². The number of fused-ring (bicyclic) bond motifs is 1. The molecular weight excluding hydrogens is 267 g/mol. The van der Waals surface area contributed by atoms with Gasteiger partial charge in [0, 0.05) is 12.6 Å². The van der Waals surface area contributed by atoms with Crippen LogP contribution in [0.5, 0.6) is 0 Å². The molecule has 0 saturated carbocycles. The maximum atomic E-state index is 12.9. The molecular formula is C14H10F3N3. The Bertz CT molecular complexity index is 747. The largest absolute Gasteiger partial charge is 0.416 e. The van der Waals surface area contributed by atoms with Crippen molar-refractivity contribution in [2.75, 3.05) is 0 Å². The van der Waals surface area contributed by atoms with Crippen molar-refractivity contribution in [3.8, 4) is 0 Å². The van der Waals surface area contributed by atoms with Crippen LogP contribution in [0.3, 0.4) is 0 Å². The second kappa shape index (κ2) is 4.63. The summed E-state index contributed by atoms with van der Waals surface area (Å²) in [5, 5.41) is 7.90. The molecule has 0 radical (unpaired) electrons. The minimum absolute atomic E-state index is 0.0842. The molecule has 3 nitrogen and oxygen atoms in total. The number of pyridine rings is 1. The molecule has 3 aromatic rings. The first-order chi connectivity index (χ1) is 9.55. The summed E-state index contributed by atoms with van der Waals surface area (Å²) in [5.74, 6) is 0.484. The zero-order valence-electron chi connectivity index (χ0n) is 10.3. The molecule has 6 heteroatoms. The molecule has 0 spiro atoms. The van der Waals surface area contributed by atoms with Crippen molar-refractivity contribution in [3.63, 3.8) is 0 Å². The minimum atomic E-state index is -4.36. The van der Waals surface area contributed by atoms with E-state index in [-0.39, 0.29) is 12.0 Å². The first-order valence-corrected chi connectivity index (χ1v) is 5.99. The molecule has 0 amide bonds. The number of aromatic nitrogens is 3. The Labute approximate surface area is 112 Å². The third kappa shape index (κ3) is 2.24. The van der Waals surface area contributed by atoms with Crippen molar-refractivity contribution >= 4 is 5.65 Å². The number of hydrogen-bond acceptors (Lipinski definition) is 2. The summed E-state index contributed by atoms with van der Waals surface area (Å²) in [7, 11) is 0. The Balaban J connectivity index is 2.04. The summed E-state index contributed by atoms with van der Waals surface area (Å²) in [6, 6.07) is 10.9. The van der Waals surface area contributed by atoms with E-state index < -0.39 is 11.7 Å². The van der Waals surface area contributed by atoms with Crippen LogP contribution in [0, 0.1) is 0 Å². The normalized spacial score (nSPS) is 11.9. The van der Waals surface area contributed by atoms with Crippen LogP contribution in [0.15, 0.2) is 48.7 Å². The lowest BCUT2D eigenvalue weighted by Gasteiger charge is -2.11. The van der Waals surface area contributed by atoms with E-state index in [1.54, 1.807) is 34.9 Å². The molecule has 0 atom stereocenters. The maximum absolute atomic E-state index is 12.9. The van der Waals surface area contributed by atoms with E-state index in [1.165, 1.54) is 12.1 Å². The van der Waals surface area contributed by atoms with Gasteiger partial charge in [-0.2, -0.15) is 13.2 Å². The van der Waals surface area contributed by atoms with Gasteiger partial charge in [-0.15, -0.1) is 10.2 Å². The lowest BCUT2D eigenvalue weighted by Crippen LogP contribution is -2.10. The number of rotatable bonds is 2. The average molecular weight is 277 g/mol. The van der Waals surface area contributed by atoms with Gasteiger partial charge in [-0.1, -0.05) is 24.3 Å². The van der Waals surface area contributed by atoms with Gasteiger partial charge in [-0.05, 0) is 23.8 Å². The number of halogens is 3. The van der Waals surface area contributed by atoms with E-state index in [4.69, 9.17) is 0 Å². The molecule has 0 aliphatic heterocycles. The lowest BCUT2D eigenvalue weighted by atomic mass is 10.0. The molecule has 0 unspecified atom stereocenters. The number of alkyl halides is 3. The minimum Gasteiger partial charge on any atom is -0.286 e. The highest BCUT2D eigenvalue weighted by Crippen LogP contribution is 2.32. The molecule has 3 rings (SSSR count). The van der Waals surface area contributed by atoms with Crippen molar-refractivity contribution in [1.82, 2.24) is 14.6 Å². The smallest absolute Gasteiger partial charge is 0.286 e. The SMILES string of the molecule is FC(F)(F)c1ccccc1Cc1nnc2ccccn12. The van der Waals surface area contributed by atoms with Gasteiger partial charge in [0.25, 0.3) is 0 Å². The molecule has 0 fully saturated rings. The van der Waals surface area contributed by atoms with Crippen molar-refractivity contribution in [2.45, 2.75) is 12.6 Å². The Morgan fingerprint density at radius 2 is 1.70 bits per heavy atom. The van der Waals surface area contributed by atoms with Crippen LogP contribution in [0.4, 0.5) is 13.2 Å². The Kier molecular flexibility index (Phi) is 2.93. The predicted octanol–water partition coefficient (Wildman–Crippen LogP) is 3.34. The van der Waals surface area contributed by atoms with Crippen LogP contribution in [0.25, 0.3) is 5.65 Å². The maximum Gasteiger partial charge on any atom is 0.416 e. The average Bonchev–Trinajstić information content (AvgIpc) is 2.82. The molecule has 0 aliphatic rings. The number of benzene rings is 1. The van der Waals surface area contributed by atoms with Crippen molar-refractivity contribution < 1.29 is 13.2 Å². The monoisotopic (exact) mass is 277 g/mol. The third-order valence-electron chi connectivity index (χ3n) is 3.06. The zero-order chi connectivity index (χ0) is 14.2. The van der Waals surface area contributed by atoms with E-state index in [0.29, 0.717) is 11.5 Å². The van der Waals surface area contributed by atoms with Crippen LogP contribution in [-0.2, 0) is 12.6 Å². The highest BCUT2D eigenvalue weighted by molar-refractivity contribution is 5.39. The van der Waals surface area contributed by atoms with Gasteiger partial charge in [0.15, 0.2) is 5.65 Å². The fourth-order valence-electron chi connectivity index (χ4n) is 2.13. The van der Waals surface area contributed by atoms with Crippen LogP contribution in [0.1, 0.15) is 17.0 Å². The Morgan fingerprint density at radius 3 is 2.50 bits per heavy atom. The van der Waals surface area contributed by atoms with E-state index >= 15 is 0 Å². The molecule has 20 heavy (non-hydrogen) atoms. The van der Waals surface area contributed by atoms with Crippen LogP contribution < -0.4 is 0 Å². The zero-order valence-corrected chi connectivity index (χ0v) is 10.3. The molecule has 0 aliphatic carbocycles. The third-order valence-corrected chi connectivity index (χ3v) is 3.06. The second-order valence-corrected chi connectivity index (χ2v) is 4.38. The predicted molar refractivity (Wildman–Crippen MR) is 67.2 cm³/mol. The molecule has 0 saturated heterocycles. The van der Waals surface area contributed by atoms with E-state index in [0.717, 1.165) is 6.07 Å². The van der Waals surface area contributed by atoms with Crippen molar-refractivity contribution in [2.24, 2.45) is 0 Å². The quantitative estimate of drug-likeness (QED) is 0.719.